The van der Waals surface area contributed by atoms with Gasteiger partial charge in [-0.3, -0.25) is 4.79 Å². The van der Waals surface area contributed by atoms with Gasteiger partial charge < -0.3 is 14.2 Å². The lowest BCUT2D eigenvalue weighted by molar-refractivity contribution is -0.159. The molecule has 1 aliphatic rings. The minimum atomic E-state index is -4.79. The third kappa shape index (κ3) is 4.86. The van der Waals surface area contributed by atoms with Gasteiger partial charge in [0.2, 0.25) is 11.7 Å². The Kier molecular flexibility index (Phi) is 6.86. The van der Waals surface area contributed by atoms with Gasteiger partial charge in [-0.2, -0.15) is 18.2 Å². The Bertz CT molecular complexity index is 865. The van der Waals surface area contributed by atoms with Crippen LogP contribution in [0.15, 0.2) is 16.7 Å². The molecule has 0 aliphatic carbocycles. The SMILES string of the molecule is CC.CC(C)C(=O)N1Cc2c(F)cc(-c3noc(C(F)(F)F)n3)cc2OCC1C. The Hall–Kier alpha value is -2.65. The Labute approximate surface area is 165 Å². The van der Waals surface area contributed by atoms with Gasteiger partial charge >= 0.3 is 12.1 Å². The first-order valence-corrected chi connectivity index (χ1v) is 9.25. The molecular weight excluding hydrogens is 394 g/mol. The number of aromatic nitrogens is 2. The fraction of sp³-hybridized carbons (Fsp3) is 0.526. The van der Waals surface area contributed by atoms with E-state index in [0.29, 0.717) is 0 Å². The molecule has 6 nitrogen and oxygen atoms in total. The van der Waals surface area contributed by atoms with Crippen LogP contribution in [0.25, 0.3) is 11.4 Å². The summed E-state index contributed by atoms with van der Waals surface area (Å²) in [5.74, 6) is -2.92. The fourth-order valence-electron chi connectivity index (χ4n) is 2.73. The van der Waals surface area contributed by atoms with Crippen LogP contribution >= 0.6 is 0 Å². The molecule has 3 rings (SSSR count). The maximum Gasteiger partial charge on any atom is 0.471 e. The van der Waals surface area contributed by atoms with Crippen molar-refractivity contribution in [1.82, 2.24) is 15.0 Å². The van der Waals surface area contributed by atoms with Crippen molar-refractivity contribution in [3.8, 4) is 17.1 Å². The molecule has 1 amide bonds. The first-order chi connectivity index (χ1) is 13.6. The first kappa shape index (κ1) is 22.6. The van der Waals surface area contributed by atoms with Gasteiger partial charge in [0.05, 0.1) is 12.6 Å². The van der Waals surface area contributed by atoms with Gasteiger partial charge in [-0.05, 0) is 19.1 Å². The summed E-state index contributed by atoms with van der Waals surface area (Å²) in [6, 6.07) is 2.05. The highest BCUT2D eigenvalue weighted by Crippen LogP contribution is 2.34. The summed E-state index contributed by atoms with van der Waals surface area (Å²) in [4.78, 5) is 17.2. The van der Waals surface area contributed by atoms with Gasteiger partial charge in [-0.1, -0.05) is 32.9 Å². The molecular formula is C19H23F4N3O3. The minimum absolute atomic E-state index is 0.000326. The number of rotatable bonds is 2. The van der Waals surface area contributed by atoms with E-state index in [4.69, 9.17) is 4.74 Å². The second kappa shape index (κ2) is 8.79. The lowest BCUT2D eigenvalue weighted by Crippen LogP contribution is -2.42. The highest BCUT2D eigenvalue weighted by molar-refractivity contribution is 5.78. The summed E-state index contributed by atoms with van der Waals surface area (Å²) in [5, 5.41) is 3.25. The zero-order chi connectivity index (χ0) is 21.9. The van der Waals surface area contributed by atoms with Crippen LogP contribution in [0.1, 0.15) is 46.1 Å². The van der Waals surface area contributed by atoms with E-state index < -0.39 is 23.7 Å². The average Bonchev–Trinajstić information content (AvgIpc) is 3.10. The number of hydrogen-bond acceptors (Lipinski definition) is 5. The van der Waals surface area contributed by atoms with Crippen molar-refractivity contribution in [2.24, 2.45) is 5.92 Å². The normalized spacial score (nSPS) is 16.5. The highest BCUT2D eigenvalue weighted by Gasteiger charge is 2.38. The molecule has 0 bridgehead atoms. The van der Waals surface area contributed by atoms with Crippen LogP contribution in [0, 0.1) is 11.7 Å². The first-order valence-electron chi connectivity index (χ1n) is 9.25. The van der Waals surface area contributed by atoms with Crippen molar-refractivity contribution in [3.05, 3.63) is 29.4 Å². The van der Waals surface area contributed by atoms with E-state index in [0.717, 1.165) is 6.07 Å². The summed E-state index contributed by atoms with van der Waals surface area (Å²) >= 11 is 0. The molecule has 0 radical (unpaired) electrons. The number of hydrogen-bond donors (Lipinski definition) is 0. The molecule has 0 saturated carbocycles. The number of amides is 1. The number of benzene rings is 1. The maximum atomic E-state index is 14.7. The van der Waals surface area contributed by atoms with Crippen LogP contribution in [-0.2, 0) is 17.5 Å². The van der Waals surface area contributed by atoms with Crippen LogP contribution in [0.4, 0.5) is 17.6 Å². The number of carbonyl (C=O) groups excluding carboxylic acids is 1. The van der Waals surface area contributed by atoms with E-state index in [1.165, 1.54) is 11.0 Å². The molecule has 29 heavy (non-hydrogen) atoms. The smallest absolute Gasteiger partial charge is 0.471 e. The molecule has 1 aliphatic heterocycles. The molecule has 0 N–H and O–H groups in total. The monoisotopic (exact) mass is 417 g/mol. The Morgan fingerprint density at radius 1 is 1.28 bits per heavy atom. The lowest BCUT2D eigenvalue weighted by atomic mass is 10.1. The van der Waals surface area contributed by atoms with Gasteiger partial charge in [-0.25, -0.2) is 4.39 Å². The Morgan fingerprint density at radius 2 is 1.93 bits per heavy atom. The summed E-state index contributed by atoms with van der Waals surface area (Å²) in [6.45, 7) is 9.39. The molecule has 0 saturated heterocycles. The number of carbonyl (C=O) groups is 1. The van der Waals surface area contributed by atoms with Crippen molar-refractivity contribution in [2.45, 2.75) is 53.4 Å². The van der Waals surface area contributed by atoms with Crippen molar-refractivity contribution in [1.29, 1.82) is 0 Å². The average molecular weight is 417 g/mol. The van der Waals surface area contributed by atoms with Crippen molar-refractivity contribution in [2.75, 3.05) is 6.61 Å². The quantitative estimate of drug-likeness (QED) is 0.664. The van der Waals surface area contributed by atoms with Crippen LogP contribution < -0.4 is 4.74 Å². The lowest BCUT2D eigenvalue weighted by Gasteiger charge is -2.28. The second-order valence-corrected chi connectivity index (χ2v) is 6.64. The molecule has 2 heterocycles. The molecule has 10 heteroatoms. The maximum absolute atomic E-state index is 14.7. The van der Waals surface area contributed by atoms with Gasteiger partial charge in [-0.15, -0.1) is 0 Å². The molecule has 1 aromatic heterocycles. The van der Waals surface area contributed by atoms with E-state index in [2.05, 4.69) is 14.7 Å². The van der Waals surface area contributed by atoms with Crippen LogP contribution in [-0.4, -0.2) is 33.6 Å². The van der Waals surface area contributed by atoms with Gasteiger partial charge in [0.1, 0.15) is 18.2 Å². The van der Waals surface area contributed by atoms with E-state index in [1.54, 1.807) is 20.8 Å². The summed E-state index contributed by atoms with van der Waals surface area (Å²) in [5.41, 5.74) is 0.137. The third-order valence-corrected chi connectivity index (χ3v) is 4.20. The minimum Gasteiger partial charge on any atom is -0.491 e. The molecule has 0 fully saturated rings. The molecule has 0 spiro atoms. The Balaban J connectivity index is 0.00000145. The molecule has 1 unspecified atom stereocenters. The standard InChI is InChI=1S/C17H17F4N3O3.C2H6/c1-8(2)15(25)24-6-11-12(18)4-10(5-13(11)26-7-9(24)3)14-22-16(27-23-14)17(19,20)21;1-2/h4-5,8-9H,6-7H2,1-3H3;1-2H3. The van der Waals surface area contributed by atoms with Crippen molar-refractivity contribution in [3.63, 3.8) is 0 Å². The predicted octanol–water partition coefficient (Wildman–Crippen LogP) is 4.69. The van der Waals surface area contributed by atoms with Crippen LogP contribution in [0.5, 0.6) is 5.75 Å². The second-order valence-electron chi connectivity index (χ2n) is 6.64. The number of ether oxygens (including phenoxy) is 1. The van der Waals surface area contributed by atoms with Crippen LogP contribution in [0.3, 0.4) is 0 Å². The van der Waals surface area contributed by atoms with Gasteiger partial charge in [0.25, 0.3) is 0 Å². The topological polar surface area (TPSA) is 68.5 Å². The molecule has 1 atom stereocenters. The number of halogens is 4. The zero-order valence-electron chi connectivity index (χ0n) is 16.8. The van der Waals surface area contributed by atoms with Crippen LogP contribution in [0.2, 0.25) is 0 Å². The predicted molar refractivity (Wildman–Crippen MR) is 96.4 cm³/mol. The molecule has 160 valence electrons. The van der Waals surface area contributed by atoms with E-state index in [9.17, 15) is 22.4 Å². The number of alkyl halides is 3. The van der Waals surface area contributed by atoms with E-state index in [-0.39, 0.29) is 47.9 Å². The third-order valence-electron chi connectivity index (χ3n) is 4.20. The zero-order valence-corrected chi connectivity index (χ0v) is 16.8. The highest BCUT2D eigenvalue weighted by atomic mass is 19.4. The van der Waals surface area contributed by atoms with E-state index in [1.807, 2.05) is 13.8 Å². The van der Waals surface area contributed by atoms with Gasteiger partial charge in [0, 0.05) is 17.0 Å². The van der Waals surface area contributed by atoms with Gasteiger partial charge in [0.15, 0.2) is 0 Å². The van der Waals surface area contributed by atoms with E-state index >= 15 is 0 Å². The number of fused-ring (bicyclic) bond motifs is 1. The fourth-order valence-corrected chi connectivity index (χ4v) is 2.73. The molecule has 2 aromatic rings. The summed E-state index contributed by atoms with van der Waals surface area (Å²) in [6.07, 6.45) is -4.79. The Morgan fingerprint density at radius 3 is 2.48 bits per heavy atom. The van der Waals surface area contributed by atoms with Crippen molar-refractivity contribution >= 4 is 5.91 Å². The summed E-state index contributed by atoms with van der Waals surface area (Å²) < 4.78 is 62.3. The van der Waals surface area contributed by atoms with Crippen molar-refractivity contribution < 1.29 is 31.6 Å². The number of nitrogens with zero attached hydrogens (tertiary/aromatic N) is 3. The largest absolute Gasteiger partial charge is 0.491 e. The summed E-state index contributed by atoms with van der Waals surface area (Å²) in [7, 11) is 0. The molecule has 1 aromatic carbocycles.